The number of halogens is 2. The molecule has 130 valence electrons. The van der Waals surface area contributed by atoms with Crippen LogP contribution in [-0.2, 0) is 9.53 Å². The number of nitrogens with zero attached hydrogens (tertiary/aromatic N) is 2. The summed E-state index contributed by atoms with van der Waals surface area (Å²) in [4.78, 5) is 16.8. The highest BCUT2D eigenvalue weighted by atomic mass is 35.5. The zero-order valence-corrected chi connectivity index (χ0v) is 15.0. The fraction of sp³-hybridized carbons (Fsp3) is 0.562. The molecular formula is C16H25Cl2N3O2. The number of anilines is 1. The molecular weight excluding hydrogens is 337 g/mol. The van der Waals surface area contributed by atoms with E-state index in [9.17, 15) is 4.79 Å². The maximum absolute atomic E-state index is 12.4. The van der Waals surface area contributed by atoms with Gasteiger partial charge in [-0.1, -0.05) is 18.2 Å². The second kappa shape index (κ2) is 9.33. The predicted molar refractivity (Wildman–Crippen MR) is 97.1 cm³/mol. The van der Waals surface area contributed by atoms with Crippen LogP contribution in [0.1, 0.15) is 5.56 Å². The van der Waals surface area contributed by atoms with Crippen molar-refractivity contribution in [1.82, 2.24) is 10.2 Å². The SMILES string of the molecule is Cc1ccccc1N1CCN(C(=O)C2COCCN2)CC1.Cl.Cl. The minimum absolute atomic E-state index is 0. The van der Waals surface area contributed by atoms with E-state index in [1.54, 1.807) is 0 Å². The molecule has 1 N–H and O–H groups in total. The van der Waals surface area contributed by atoms with Crippen LogP contribution in [0.25, 0.3) is 0 Å². The first kappa shape index (κ1) is 20.0. The Hall–Kier alpha value is -1.01. The molecule has 0 bridgehead atoms. The third-order valence-electron chi connectivity index (χ3n) is 4.27. The Bertz CT molecular complexity index is 502. The van der Waals surface area contributed by atoms with Crippen LogP contribution in [0, 0.1) is 6.92 Å². The van der Waals surface area contributed by atoms with Gasteiger partial charge in [0.2, 0.25) is 5.91 Å². The van der Waals surface area contributed by atoms with Gasteiger partial charge in [-0.05, 0) is 18.6 Å². The standard InChI is InChI=1S/C16H23N3O2.2ClH/c1-13-4-2-3-5-15(13)18-7-9-19(10-8-18)16(20)14-12-21-11-6-17-14;;/h2-5,14,17H,6-12H2,1H3;2*1H. The Balaban J connectivity index is 0.00000132. The van der Waals surface area contributed by atoms with Crippen LogP contribution in [0.5, 0.6) is 0 Å². The smallest absolute Gasteiger partial charge is 0.242 e. The molecule has 3 rings (SSSR count). The van der Waals surface area contributed by atoms with Crippen LogP contribution in [0.15, 0.2) is 24.3 Å². The highest BCUT2D eigenvalue weighted by Crippen LogP contribution is 2.21. The summed E-state index contributed by atoms with van der Waals surface area (Å²) in [5.74, 6) is 0.180. The molecule has 23 heavy (non-hydrogen) atoms. The average Bonchev–Trinajstić information content (AvgIpc) is 2.56. The molecule has 0 spiro atoms. The van der Waals surface area contributed by atoms with Crippen LogP contribution in [0.3, 0.4) is 0 Å². The second-order valence-electron chi connectivity index (χ2n) is 5.68. The van der Waals surface area contributed by atoms with E-state index in [0.717, 1.165) is 32.7 Å². The number of para-hydroxylation sites is 1. The predicted octanol–water partition coefficient (Wildman–Crippen LogP) is 1.48. The molecule has 1 unspecified atom stereocenters. The number of ether oxygens (including phenoxy) is 1. The van der Waals surface area contributed by atoms with E-state index in [-0.39, 0.29) is 36.8 Å². The van der Waals surface area contributed by atoms with Crippen molar-refractivity contribution < 1.29 is 9.53 Å². The Labute approximate surface area is 150 Å². The van der Waals surface area contributed by atoms with Gasteiger partial charge in [-0.15, -0.1) is 24.8 Å². The van der Waals surface area contributed by atoms with Crippen molar-refractivity contribution in [2.75, 3.05) is 50.8 Å². The molecule has 1 amide bonds. The first-order chi connectivity index (χ1) is 10.3. The summed E-state index contributed by atoms with van der Waals surface area (Å²) in [6.07, 6.45) is 0. The summed E-state index contributed by atoms with van der Waals surface area (Å²) >= 11 is 0. The van der Waals surface area contributed by atoms with Crippen molar-refractivity contribution in [1.29, 1.82) is 0 Å². The van der Waals surface area contributed by atoms with Gasteiger partial charge in [0.25, 0.3) is 0 Å². The maximum Gasteiger partial charge on any atom is 0.242 e. The zero-order chi connectivity index (χ0) is 14.7. The fourth-order valence-corrected chi connectivity index (χ4v) is 3.03. The van der Waals surface area contributed by atoms with Crippen molar-refractivity contribution in [2.45, 2.75) is 13.0 Å². The molecule has 2 aliphatic heterocycles. The first-order valence-electron chi connectivity index (χ1n) is 7.66. The van der Waals surface area contributed by atoms with E-state index in [1.165, 1.54) is 11.3 Å². The highest BCUT2D eigenvalue weighted by molar-refractivity contribution is 5.85. The number of rotatable bonds is 2. The fourth-order valence-electron chi connectivity index (χ4n) is 3.03. The van der Waals surface area contributed by atoms with E-state index < -0.39 is 0 Å². The molecule has 1 aromatic carbocycles. The van der Waals surface area contributed by atoms with Crippen LogP contribution in [0.4, 0.5) is 5.69 Å². The molecule has 5 nitrogen and oxygen atoms in total. The lowest BCUT2D eigenvalue weighted by Crippen LogP contribution is -2.57. The lowest BCUT2D eigenvalue weighted by molar-refractivity contribution is -0.136. The molecule has 2 heterocycles. The summed E-state index contributed by atoms with van der Waals surface area (Å²) in [7, 11) is 0. The number of carbonyl (C=O) groups excluding carboxylic acids is 1. The molecule has 0 radical (unpaired) electrons. The van der Waals surface area contributed by atoms with Gasteiger partial charge in [0.05, 0.1) is 13.2 Å². The number of hydrogen-bond donors (Lipinski definition) is 1. The summed E-state index contributed by atoms with van der Waals surface area (Å²) in [5, 5.41) is 3.24. The normalized spacial score (nSPS) is 21.2. The second-order valence-corrected chi connectivity index (χ2v) is 5.68. The third-order valence-corrected chi connectivity index (χ3v) is 4.27. The van der Waals surface area contributed by atoms with E-state index in [1.807, 2.05) is 4.90 Å². The molecule has 7 heteroatoms. The molecule has 0 aromatic heterocycles. The number of hydrogen-bond acceptors (Lipinski definition) is 4. The minimum Gasteiger partial charge on any atom is -0.378 e. The number of nitrogens with one attached hydrogen (secondary N) is 1. The van der Waals surface area contributed by atoms with Crippen molar-refractivity contribution in [3.63, 3.8) is 0 Å². The molecule has 0 aliphatic carbocycles. The van der Waals surface area contributed by atoms with Crippen LogP contribution in [-0.4, -0.2) is 62.8 Å². The Morgan fingerprint density at radius 3 is 2.48 bits per heavy atom. The molecule has 1 aromatic rings. The number of carbonyl (C=O) groups is 1. The van der Waals surface area contributed by atoms with E-state index in [4.69, 9.17) is 4.74 Å². The molecule has 2 aliphatic rings. The summed E-state index contributed by atoms with van der Waals surface area (Å²) in [6, 6.07) is 8.26. The zero-order valence-electron chi connectivity index (χ0n) is 13.4. The van der Waals surface area contributed by atoms with Gasteiger partial charge in [0.1, 0.15) is 6.04 Å². The summed E-state index contributed by atoms with van der Waals surface area (Å²) in [5.41, 5.74) is 2.57. The summed E-state index contributed by atoms with van der Waals surface area (Å²) < 4.78 is 5.38. The molecule has 0 saturated carbocycles. The van der Waals surface area contributed by atoms with Crippen LogP contribution < -0.4 is 10.2 Å². The van der Waals surface area contributed by atoms with Gasteiger partial charge in [0.15, 0.2) is 0 Å². The number of piperazine rings is 1. The number of amides is 1. The summed E-state index contributed by atoms with van der Waals surface area (Å²) in [6.45, 7) is 7.45. The molecule has 2 saturated heterocycles. The Kier molecular flexibility index (Phi) is 8.12. The largest absolute Gasteiger partial charge is 0.378 e. The van der Waals surface area contributed by atoms with Gasteiger partial charge < -0.3 is 19.9 Å². The van der Waals surface area contributed by atoms with E-state index >= 15 is 0 Å². The average molecular weight is 362 g/mol. The van der Waals surface area contributed by atoms with Crippen molar-refractivity contribution in [2.24, 2.45) is 0 Å². The number of morpholine rings is 1. The van der Waals surface area contributed by atoms with Gasteiger partial charge >= 0.3 is 0 Å². The van der Waals surface area contributed by atoms with Crippen molar-refractivity contribution >= 4 is 36.4 Å². The van der Waals surface area contributed by atoms with Crippen LogP contribution in [0.2, 0.25) is 0 Å². The van der Waals surface area contributed by atoms with Crippen molar-refractivity contribution in [3.8, 4) is 0 Å². The van der Waals surface area contributed by atoms with Crippen LogP contribution >= 0.6 is 24.8 Å². The number of benzene rings is 1. The Morgan fingerprint density at radius 2 is 1.87 bits per heavy atom. The Morgan fingerprint density at radius 1 is 1.17 bits per heavy atom. The molecule has 1 atom stereocenters. The van der Waals surface area contributed by atoms with Gasteiger partial charge in [-0.3, -0.25) is 4.79 Å². The third kappa shape index (κ3) is 4.73. The van der Waals surface area contributed by atoms with Crippen molar-refractivity contribution in [3.05, 3.63) is 29.8 Å². The topological polar surface area (TPSA) is 44.8 Å². The van der Waals surface area contributed by atoms with E-state index in [0.29, 0.717) is 13.2 Å². The van der Waals surface area contributed by atoms with Gasteiger partial charge in [-0.25, -0.2) is 0 Å². The first-order valence-corrected chi connectivity index (χ1v) is 7.66. The van der Waals surface area contributed by atoms with Gasteiger partial charge in [-0.2, -0.15) is 0 Å². The maximum atomic E-state index is 12.4. The lowest BCUT2D eigenvalue weighted by atomic mass is 10.1. The van der Waals surface area contributed by atoms with E-state index in [2.05, 4.69) is 41.4 Å². The minimum atomic E-state index is -0.163. The number of aryl methyl sites for hydroxylation is 1. The highest BCUT2D eigenvalue weighted by Gasteiger charge is 2.28. The quantitative estimate of drug-likeness (QED) is 0.866. The van der Waals surface area contributed by atoms with Gasteiger partial charge in [0, 0.05) is 38.4 Å². The monoisotopic (exact) mass is 361 g/mol. The lowest BCUT2D eigenvalue weighted by Gasteiger charge is -2.38. The molecule has 2 fully saturated rings.